The quantitative estimate of drug-likeness (QED) is 0.784. The number of aromatic nitrogens is 1. The minimum Gasteiger partial charge on any atom is -0.494 e. The molecular weight excluding hydrogens is 336 g/mol. The Morgan fingerprint density at radius 2 is 2.00 bits per heavy atom. The van der Waals surface area contributed by atoms with Crippen LogP contribution in [0.1, 0.15) is 25.3 Å². The highest BCUT2D eigenvalue weighted by atomic mass is 35.5. The molecule has 0 bridgehead atoms. The molecule has 1 N–H and O–H groups in total. The Hall–Kier alpha value is -2.59. The summed E-state index contributed by atoms with van der Waals surface area (Å²) < 4.78 is 1.88. The van der Waals surface area contributed by atoms with E-state index >= 15 is 0 Å². The third-order valence-corrected chi connectivity index (χ3v) is 4.83. The Labute approximate surface area is 149 Å². The Bertz CT molecular complexity index is 1130. The monoisotopic (exact) mass is 352 g/mol. The maximum atomic E-state index is 12.6. The summed E-state index contributed by atoms with van der Waals surface area (Å²) in [5, 5.41) is 13.6. The smallest absolute Gasteiger partial charge is 0.279 e. The van der Waals surface area contributed by atoms with Crippen LogP contribution in [0.15, 0.2) is 47.5 Å². The summed E-state index contributed by atoms with van der Waals surface area (Å²) in [7, 11) is 0. The van der Waals surface area contributed by atoms with Gasteiger partial charge in [0.15, 0.2) is 5.88 Å². The predicted molar refractivity (Wildman–Crippen MR) is 98.3 cm³/mol. The lowest BCUT2D eigenvalue weighted by Gasteiger charge is -2.06. The second kappa shape index (κ2) is 6.05. The van der Waals surface area contributed by atoms with Crippen LogP contribution in [-0.2, 0) is 11.3 Å². The highest BCUT2D eigenvalue weighted by Crippen LogP contribution is 2.36. The Morgan fingerprint density at radius 3 is 2.80 bits per heavy atom. The van der Waals surface area contributed by atoms with E-state index in [0.717, 1.165) is 23.7 Å². The van der Waals surface area contributed by atoms with Crippen LogP contribution in [0, 0.1) is 0 Å². The number of hydrogen-bond donors (Lipinski definition) is 1. The number of halogens is 1. The Morgan fingerprint density at radius 1 is 1.20 bits per heavy atom. The summed E-state index contributed by atoms with van der Waals surface area (Å²) in [4.78, 5) is 16.7. The number of rotatable bonds is 4. The molecule has 0 saturated heterocycles. The van der Waals surface area contributed by atoms with Crippen molar-refractivity contribution in [2.24, 2.45) is 4.99 Å². The molecule has 25 heavy (non-hydrogen) atoms. The SMILES string of the molecule is CCCCn1c(O)c(C2=c3ccc(Cl)cc3=NC2=O)c2ccccc21. The fourth-order valence-electron chi connectivity index (χ4n) is 3.41. The van der Waals surface area contributed by atoms with Gasteiger partial charge in [-0.05, 0) is 24.6 Å². The van der Waals surface area contributed by atoms with Gasteiger partial charge in [-0.3, -0.25) is 4.79 Å². The van der Waals surface area contributed by atoms with Crippen molar-refractivity contribution in [1.29, 1.82) is 0 Å². The van der Waals surface area contributed by atoms with Gasteiger partial charge in [0.2, 0.25) is 0 Å². The van der Waals surface area contributed by atoms with Crippen molar-refractivity contribution in [3.63, 3.8) is 0 Å². The van der Waals surface area contributed by atoms with Gasteiger partial charge < -0.3 is 9.67 Å². The van der Waals surface area contributed by atoms with Gasteiger partial charge in [0.1, 0.15) is 0 Å². The number of fused-ring (bicyclic) bond motifs is 2. The number of carbonyl (C=O) groups is 1. The van der Waals surface area contributed by atoms with Crippen molar-refractivity contribution < 1.29 is 9.90 Å². The third kappa shape index (κ3) is 2.45. The number of aromatic hydroxyl groups is 1. The van der Waals surface area contributed by atoms with Crippen LogP contribution in [0.4, 0.5) is 0 Å². The topological polar surface area (TPSA) is 54.6 Å². The molecule has 0 fully saturated rings. The highest BCUT2D eigenvalue weighted by Gasteiger charge is 2.26. The van der Waals surface area contributed by atoms with Crippen LogP contribution >= 0.6 is 11.6 Å². The second-order valence-corrected chi connectivity index (χ2v) is 6.61. The number of aryl methyl sites for hydroxylation is 1. The molecular formula is C20H17ClN2O2. The Balaban J connectivity index is 2.07. The largest absolute Gasteiger partial charge is 0.494 e. The highest BCUT2D eigenvalue weighted by molar-refractivity contribution is 6.30. The van der Waals surface area contributed by atoms with Gasteiger partial charge in [0.05, 0.1) is 22.0 Å². The molecule has 0 aliphatic carbocycles. The first kappa shape index (κ1) is 15.9. The number of para-hydroxylation sites is 1. The number of benzene rings is 2. The summed E-state index contributed by atoms with van der Waals surface area (Å²) in [5.41, 5.74) is 1.92. The van der Waals surface area contributed by atoms with E-state index in [1.54, 1.807) is 18.2 Å². The first-order chi connectivity index (χ1) is 12.1. The molecule has 1 aliphatic heterocycles. The number of amides is 1. The lowest BCUT2D eigenvalue weighted by Crippen LogP contribution is -2.22. The van der Waals surface area contributed by atoms with Gasteiger partial charge in [-0.25, -0.2) is 4.99 Å². The molecule has 4 nitrogen and oxygen atoms in total. The molecule has 126 valence electrons. The van der Waals surface area contributed by atoms with Crippen molar-refractivity contribution in [2.45, 2.75) is 26.3 Å². The lowest BCUT2D eigenvalue weighted by atomic mass is 10.0. The van der Waals surface area contributed by atoms with E-state index in [-0.39, 0.29) is 11.8 Å². The van der Waals surface area contributed by atoms with Crippen LogP contribution in [0.2, 0.25) is 5.02 Å². The van der Waals surface area contributed by atoms with Gasteiger partial charge in [0, 0.05) is 22.2 Å². The van der Waals surface area contributed by atoms with Crippen molar-refractivity contribution >= 4 is 34.0 Å². The number of unbranched alkanes of at least 4 members (excludes halogenated alkanes) is 1. The molecule has 0 radical (unpaired) electrons. The van der Waals surface area contributed by atoms with Crippen LogP contribution in [0.5, 0.6) is 5.88 Å². The molecule has 4 rings (SSSR count). The molecule has 3 aromatic rings. The van der Waals surface area contributed by atoms with Gasteiger partial charge in [-0.15, -0.1) is 0 Å². The van der Waals surface area contributed by atoms with Gasteiger partial charge in [-0.2, -0.15) is 0 Å². The molecule has 1 amide bonds. The first-order valence-electron chi connectivity index (χ1n) is 8.35. The molecule has 1 aliphatic rings. The van der Waals surface area contributed by atoms with Crippen LogP contribution in [0.3, 0.4) is 0 Å². The zero-order valence-corrected chi connectivity index (χ0v) is 14.5. The molecule has 0 atom stereocenters. The Kier molecular flexibility index (Phi) is 3.85. The van der Waals surface area contributed by atoms with Crippen LogP contribution < -0.4 is 10.6 Å². The van der Waals surface area contributed by atoms with E-state index in [0.29, 0.717) is 33.3 Å². The first-order valence-corrected chi connectivity index (χ1v) is 8.73. The summed E-state index contributed by atoms with van der Waals surface area (Å²) in [6.07, 6.45) is 1.97. The van der Waals surface area contributed by atoms with E-state index in [4.69, 9.17) is 11.6 Å². The number of hydrogen-bond acceptors (Lipinski definition) is 2. The summed E-state index contributed by atoms with van der Waals surface area (Å²) in [5.74, 6) is -0.220. The minimum atomic E-state index is -0.342. The maximum absolute atomic E-state index is 12.6. The minimum absolute atomic E-state index is 0.121. The lowest BCUT2D eigenvalue weighted by molar-refractivity contribution is -0.112. The van der Waals surface area contributed by atoms with Crippen LogP contribution in [-0.4, -0.2) is 15.6 Å². The van der Waals surface area contributed by atoms with E-state index in [2.05, 4.69) is 11.9 Å². The zero-order valence-electron chi connectivity index (χ0n) is 13.8. The van der Waals surface area contributed by atoms with Crippen molar-refractivity contribution in [3.05, 3.63) is 63.6 Å². The maximum Gasteiger partial charge on any atom is 0.279 e. The van der Waals surface area contributed by atoms with Gasteiger partial charge in [-0.1, -0.05) is 49.2 Å². The van der Waals surface area contributed by atoms with Gasteiger partial charge in [0.25, 0.3) is 5.91 Å². The molecule has 5 heteroatoms. The van der Waals surface area contributed by atoms with E-state index in [1.807, 2.05) is 28.8 Å². The fourth-order valence-corrected chi connectivity index (χ4v) is 3.58. The normalized spacial score (nSPS) is 13.4. The summed E-state index contributed by atoms with van der Waals surface area (Å²) >= 11 is 6.02. The van der Waals surface area contributed by atoms with Crippen molar-refractivity contribution in [2.75, 3.05) is 0 Å². The second-order valence-electron chi connectivity index (χ2n) is 6.17. The molecule has 0 saturated carbocycles. The van der Waals surface area contributed by atoms with Crippen LogP contribution in [0.25, 0.3) is 16.5 Å². The molecule has 2 heterocycles. The molecule has 0 spiro atoms. The third-order valence-electron chi connectivity index (χ3n) is 4.59. The standard InChI is InChI=1S/C20H17ClN2O2/c1-2-3-10-23-16-7-5-4-6-14(16)18(20(23)25)17-13-9-8-12(21)11-15(13)22-19(17)24/h4-9,11,25H,2-3,10H2,1H3. The summed E-state index contributed by atoms with van der Waals surface area (Å²) in [6.45, 7) is 2.81. The molecule has 1 aromatic heterocycles. The van der Waals surface area contributed by atoms with Crippen molar-refractivity contribution in [1.82, 2.24) is 4.57 Å². The van der Waals surface area contributed by atoms with E-state index < -0.39 is 0 Å². The molecule has 0 unspecified atom stereocenters. The van der Waals surface area contributed by atoms with E-state index in [1.165, 1.54) is 0 Å². The van der Waals surface area contributed by atoms with E-state index in [9.17, 15) is 9.90 Å². The zero-order chi connectivity index (χ0) is 17.6. The number of nitrogens with zero attached hydrogens (tertiary/aromatic N) is 2. The average molecular weight is 353 g/mol. The fraction of sp³-hybridized carbons (Fsp3) is 0.200. The molecule has 2 aromatic carbocycles. The number of carbonyl (C=O) groups excluding carboxylic acids is 1. The predicted octanol–water partition coefficient (Wildman–Crippen LogP) is 3.16. The average Bonchev–Trinajstić information content (AvgIpc) is 3.05. The summed E-state index contributed by atoms with van der Waals surface area (Å²) in [6, 6.07) is 13.0. The van der Waals surface area contributed by atoms with Crippen molar-refractivity contribution in [3.8, 4) is 5.88 Å². The van der Waals surface area contributed by atoms with Gasteiger partial charge >= 0.3 is 0 Å².